The third-order valence-corrected chi connectivity index (χ3v) is 1.52. The molecule has 0 aromatic carbocycles. The summed E-state index contributed by atoms with van der Waals surface area (Å²) in [4.78, 5) is 10.7. The molecule has 1 N–H and O–H groups in total. The highest BCUT2D eigenvalue weighted by atomic mass is 31.0. The Balaban J connectivity index is 3.46. The molecule has 0 saturated heterocycles. The maximum Gasteiger partial charge on any atom is 0.153 e. The third-order valence-electron chi connectivity index (χ3n) is 1.12. The van der Waals surface area contributed by atoms with Crippen LogP contribution in [0.1, 0.15) is 6.92 Å². The molecule has 0 fully saturated rings. The molecule has 2 nitrogen and oxygen atoms in total. The molecule has 0 radical (unpaired) electrons. The average molecular weight is 133 g/mol. The highest BCUT2D eigenvalue weighted by Gasteiger charge is 2.05. The molecule has 0 heterocycles. The van der Waals surface area contributed by atoms with Crippen molar-refractivity contribution in [2.24, 2.45) is 0 Å². The molecule has 0 aliphatic heterocycles. The largest absolute Gasteiger partial charge is 0.311 e. The van der Waals surface area contributed by atoms with E-state index in [0.717, 1.165) is 0 Å². The molecule has 0 amide bonds. The lowest BCUT2D eigenvalue weighted by Crippen LogP contribution is -2.31. The minimum atomic E-state index is 0.00694. The summed E-state index contributed by atoms with van der Waals surface area (Å²) < 4.78 is 0. The Hall–Kier alpha value is 0.0600. The van der Waals surface area contributed by atoms with Gasteiger partial charge in [-0.3, -0.25) is 4.79 Å². The van der Waals surface area contributed by atoms with Gasteiger partial charge in [-0.2, -0.15) is 0 Å². The first-order chi connectivity index (χ1) is 3.72. The Morgan fingerprint density at radius 1 is 1.88 bits per heavy atom. The zero-order valence-corrected chi connectivity index (χ0v) is 6.42. The second-order valence-electron chi connectivity index (χ2n) is 1.68. The smallest absolute Gasteiger partial charge is 0.153 e. The number of hydrogen-bond donors (Lipinski definition) is 1. The van der Waals surface area contributed by atoms with E-state index in [-0.39, 0.29) is 11.8 Å². The Kier molecular flexibility index (Phi) is 4.02. The molecule has 0 rings (SSSR count). The molecule has 0 saturated carbocycles. The summed E-state index contributed by atoms with van der Waals surface area (Å²) in [5.41, 5.74) is 0. The van der Waals surface area contributed by atoms with E-state index in [2.05, 4.69) is 14.6 Å². The molecular weight excluding hydrogens is 121 g/mol. The third kappa shape index (κ3) is 2.39. The lowest BCUT2D eigenvalue weighted by molar-refractivity contribution is -0.118. The SMILES string of the molecule is CN[C@@H](C)C(=O)CP. The summed E-state index contributed by atoms with van der Waals surface area (Å²) in [6.45, 7) is 1.85. The molecular formula is C5H12NOP. The number of Topliss-reactive ketones (excluding diaryl/α,β-unsaturated/α-hetero) is 1. The first-order valence-corrected chi connectivity index (χ1v) is 3.44. The predicted octanol–water partition coefficient (Wildman–Crippen LogP) is 0.0385. The Bertz CT molecular complexity index is 84.5. The van der Waals surface area contributed by atoms with Crippen molar-refractivity contribution >= 4 is 15.0 Å². The minimum absolute atomic E-state index is 0.00694. The lowest BCUT2D eigenvalue weighted by atomic mass is 10.2. The van der Waals surface area contributed by atoms with Gasteiger partial charge in [0.15, 0.2) is 5.78 Å². The van der Waals surface area contributed by atoms with Gasteiger partial charge < -0.3 is 5.32 Å². The summed E-state index contributed by atoms with van der Waals surface area (Å²) >= 11 is 0. The number of carbonyl (C=O) groups excluding carboxylic acids is 1. The standard InChI is InChI=1S/C5H12NOP/c1-4(6-2)5(7)3-8/h4,6H,3,8H2,1-2H3/t4-/m0/s1. The molecule has 48 valence electrons. The van der Waals surface area contributed by atoms with Crippen LogP contribution < -0.4 is 5.32 Å². The summed E-state index contributed by atoms with van der Waals surface area (Å²) in [5, 5.41) is 2.85. The van der Waals surface area contributed by atoms with Gasteiger partial charge in [0.25, 0.3) is 0 Å². The van der Waals surface area contributed by atoms with Gasteiger partial charge in [0.1, 0.15) is 0 Å². The van der Waals surface area contributed by atoms with Crippen molar-refractivity contribution in [3.8, 4) is 0 Å². The number of carbonyl (C=O) groups is 1. The van der Waals surface area contributed by atoms with Gasteiger partial charge in [-0.15, -0.1) is 9.24 Å². The monoisotopic (exact) mass is 133 g/mol. The Morgan fingerprint density at radius 2 is 2.38 bits per heavy atom. The van der Waals surface area contributed by atoms with Crippen LogP contribution in [0.4, 0.5) is 0 Å². The fourth-order valence-corrected chi connectivity index (χ4v) is 0.691. The molecule has 0 aromatic heterocycles. The van der Waals surface area contributed by atoms with Crippen LogP contribution in [-0.4, -0.2) is 25.0 Å². The van der Waals surface area contributed by atoms with E-state index in [0.29, 0.717) is 6.16 Å². The van der Waals surface area contributed by atoms with Crippen LogP contribution in [0.25, 0.3) is 0 Å². The van der Waals surface area contributed by atoms with Crippen molar-refractivity contribution in [3.63, 3.8) is 0 Å². The van der Waals surface area contributed by atoms with Gasteiger partial charge in [0.2, 0.25) is 0 Å². The molecule has 0 aromatic rings. The lowest BCUT2D eigenvalue weighted by Gasteiger charge is -2.04. The van der Waals surface area contributed by atoms with Crippen LogP contribution in [0, 0.1) is 0 Å². The molecule has 0 aliphatic rings. The fraction of sp³-hybridized carbons (Fsp3) is 0.800. The summed E-state index contributed by atoms with van der Waals surface area (Å²) in [6, 6.07) is 0.00694. The van der Waals surface area contributed by atoms with E-state index in [9.17, 15) is 4.79 Å². The van der Waals surface area contributed by atoms with Crippen molar-refractivity contribution in [1.82, 2.24) is 5.32 Å². The van der Waals surface area contributed by atoms with E-state index in [1.807, 2.05) is 6.92 Å². The molecule has 8 heavy (non-hydrogen) atoms. The first-order valence-electron chi connectivity index (χ1n) is 2.62. The van der Waals surface area contributed by atoms with Crippen LogP contribution in [0.3, 0.4) is 0 Å². The summed E-state index contributed by atoms with van der Waals surface area (Å²) in [6.07, 6.45) is 0.544. The second-order valence-corrected chi connectivity index (χ2v) is 2.09. The van der Waals surface area contributed by atoms with Gasteiger partial charge in [0.05, 0.1) is 6.04 Å². The van der Waals surface area contributed by atoms with Crippen LogP contribution >= 0.6 is 9.24 Å². The molecule has 3 heteroatoms. The van der Waals surface area contributed by atoms with E-state index in [1.165, 1.54) is 0 Å². The van der Waals surface area contributed by atoms with Crippen LogP contribution in [0.5, 0.6) is 0 Å². The van der Waals surface area contributed by atoms with E-state index < -0.39 is 0 Å². The van der Waals surface area contributed by atoms with Crippen molar-refractivity contribution < 1.29 is 4.79 Å². The van der Waals surface area contributed by atoms with Crippen LogP contribution in [-0.2, 0) is 4.79 Å². The molecule has 0 aliphatic carbocycles. The topological polar surface area (TPSA) is 29.1 Å². The number of rotatable bonds is 3. The van der Waals surface area contributed by atoms with Crippen LogP contribution in [0.15, 0.2) is 0 Å². The second kappa shape index (κ2) is 3.99. The number of nitrogens with one attached hydrogen (secondary N) is 1. The highest BCUT2D eigenvalue weighted by Crippen LogP contribution is 1.87. The summed E-state index contributed by atoms with van der Waals surface area (Å²) in [5.74, 6) is 0.234. The van der Waals surface area contributed by atoms with Crippen LogP contribution in [0.2, 0.25) is 0 Å². The normalized spacial score (nSPS) is 13.4. The Morgan fingerprint density at radius 3 is 2.50 bits per heavy atom. The van der Waals surface area contributed by atoms with Gasteiger partial charge in [-0.05, 0) is 14.0 Å². The van der Waals surface area contributed by atoms with Crippen molar-refractivity contribution in [1.29, 1.82) is 0 Å². The Labute approximate surface area is 52.2 Å². The zero-order chi connectivity index (χ0) is 6.57. The maximum atomic E-state index is 10.7. The van der Waals surface area contributed by atoms with Gasteiger partial charge in [-0.25, -0.2) is 0 Å². The van der Waals surface area contributed by atoms with Crippen molar-refractivity contribution in [2.45, 2.75) is 13.0 Å². The fourth-order valence-electron chi connectivity index (χ4n) is 0.338. The van der Waals surface area contributed by atoms with Crippen molar-refractivity contribution in [3.05, 3.63) is 0 Å². The van der Waals surface area contributed by atoms with Gasteiger partial charge >= 0.3 is 0 Å². The average Bonchev–Trinajstić information content (AvgIpc) is 1.84. The van der Waals surface area contributed by atoms with E-state index in [1.54, 1.807) is 7.05 Å². The molecule has 0 bridgehead atoms. The number of hydrogen-bond acceptors (Lipinski definition) is 2. The quantitative estimate of drug-likeness (QED) is 0.551. The first kappa shape index (κ1) is 8.06. The van der Waals surface area contributed by atoms with Gasteiger partial charge in [0, 0.05) is 6.16 Å². The van der Waals surface area contributed by atoms with E-state index >= 15 is 0 Å². The van der Waals surface area contributed by atoms with Crippen molar-refractivity contribution in [2.75, 3.05) is 13.2 Å². The molecule has 0 spiro atoms. The number of ketones is 1. The maximum absolute atomic E-state index is 10.7. The van der Waals surface area contributed by atoms with Gasteiger partial charge in [-0.1, -0.05) is 0 Å². The summed E-state index contributed by atoms with van der Waals surface area (Å²) in [7, 11) is 4.18. The number of likely N-dealkylation sites (N-methyl/N-ethyl adjacent to an activating group) is 1. The molecule has 1 unspecified atom stereocenters. The predicted molar refractivity (Wildman–Crippen MR) is 38.1 cm³/mol. The molecule has 2 atom stereocenters. The zero-order valence-electron chi connectivity index (χ0n) is 5.27. The minimum Gasteiger partial charge on any atom is -0.311 e. The van der Waals surface area contributed by atoms with E-state index in [4.69, 9.17) is 0 Å². The highest BCUT2D eigenvalue weighted by molar-refractivity contribution is 7.18.